The van der Waals surface area contributed by atoms with E-state index >= 15 is 0 Å². The third-order valence-corrected chi connectivity index (χ3v) is 4.67. The minimum Gasteiger partial charge on any atom is -0.315 e. The summed E-state index contributed by atoms with van der Waals surface area (Å²) in [5, 5.41) is 0.673. The molecule has 0 radical (unpaired) electrons. The van der Waals surface area contributed by atoms with Gasteiger partial charge in [0.1, 0.15) is 5.82 Å². The van der Waals surface area contributed by atoms with E-state index in [-0.39, 0.29) is 11.3 Å². The van der Waals surface area contributed by atoms with Gasteiger partial charge in [0.25, 0.3) is 5.91 Å². The van der Waals surface area contributed by atoms with Crippen LogP contribution in [0.1, 0.15) is 10.4 Å². The Kier molecular flexibility index (Phi) is 5.87. The number of amides is 2. The van der Waals surface area contributed by atoms with E-state index in [9.17, 15) is 14.0 Å². The molecule has 6 nitrogen and oxygen atoms in total. The van der Waals surface area contributed by atoms with E-state index in [2.05, 4.69) is 22.4 Å². The number of thioether (sulfide) groups is 1. The van der Waals surface area contributed by atoms with Crippen molar-refractivity contribution in [3.05, 3.63) is 72.6 Å². The Morgan fingerprint density at radius 2 is 1.89 bits per heavy atom. The number of imidazole rings is 1. The van der Waals surface area contributed by atoms with Crippen LogP contribution in [0, 0.1) is 5.82 Å². The summed E-state index contributed by atoms with van der Waals surface area (Å²) >= 11 is 1.24. The lowest BCUT2D eigenvalue weighted by Crippen LogP contribution is -2.42. The highest BCUT2D eigenvalue weighted by atomic mass is 32.2. The average molecular weight is 384 g/mol. The quantitative estimate of drug-likeness (QED) is 0.389. The molecular weight excluding hydrogens is 367 g/mol. The molecule has 3 aromatic rings. The lowest BCUT2D eigenvalue weighted by atomic mass is 10.2. The van der Waals surface area contributed by atoms with Gasteiger partial charge in [0, 0.05) is 6.54 Å². The number of hydrazine groups is 1. The minimum atomic E-state index is -0.717. The Bertz CT molecular complexity index is 1000. The summed E-state index contributed by atoms with van der Waals surface area (Å²) in [6.07, 6.45) is 1.76. The molecule has 0 aliphatic rings. The molecule has 8 heteroatoms. The van der Waals surface area contributed by atoms with E-state index in [0.29, 0.717) is 11.7 Å². The van der Waals surface area contributed by atoms with Gasteiger partial charge < -0.3 is 4.57 Å². The zero-order valence-electron chi connectivity index (χ0n) is 14.3. The average Bonchev–Trinajstić information content (AvgIpc) is 3.03. The zero-order chi connectivity index (χ0) is 19.2. The Morgan fingerprint density at radius 1 is 1.15 bits per heavy atom. The SMILES string of the molecule is C=CCn1c(SCC(=O)NNC(=O)c2ccccc2F)nc2ccccc21. The molecule has 2 aromatic carbocycles. The Morgan fingerprint density at radius 3 is 2.67 bits per heavy atom. The zero-order valence-corrected chi connectivity index (χ0v) is 15.1. The van der Waals surface area contributed by atoms with Gasteiger partial charge in [-0.05, 0) is 24.3 Å². The van der Waals surface area contributed by atoms with Crippen molar-refractivity contribution in [1.29, 1.82) is 0 Å². The van der Waals surface area contributed by atoms with Crippen LogP contribution in [0.4, 0.5) is 4.39 Å². The molecule has 27 heavy (non-hydrogen) atoms. The summed E-state index contributed by atoms with van der Waals surface area (Å²) in [6, 6.07) is 13.2. The van der Waals surface area contributed by atoms with E-state index < -0.39 is 17.6 Å². The second kappa shape index (κ2) is 8.50. The van der Waals surface area contributed by atoms with Crippen molar-refractivity contribution < 1.29 is 14.0 Å². The number of carbonyl (C=O) groups is 2. The fraction of sp³-hybridized carbons (Fsp3) is 0.105. The smallest absolute Gasteiger partial charge is 0.272 e. The van der Waals surface area contributed by atoms with E-state index in [1.807, 2.05) is 28.8 Å². The fourth-order valence-corrected chi connectivity index (χ4v) is 3.30. The molecule has 138 valence electrons. The Balaban J connectivity index is 1.60. The lowest BCUT2D eigenvalue weighted by molar-refractivity contribution is -0.119. The maximum absolute atomic E-state index is 13.6. The van der Waals surface area contributed by atoms with Gasteiger partial charge in [-0.25, -0.2) is 9.37 Å². The van der Waals surface area contributed by atoms with Crippen LogP contribution in [0.3, 0.4) is 0 Å². The van der Waals surface area contributed by atoms with Crippen molar-refractivity contribution >= 4 is 34.6 Å². The van der Waals surface area contributed by atoms with E-state index in [1.54, 1.807) is 12.1 Å². The fourth-order valence-electron chi connectivity index (χ4n) is 2.47. The number of para-hydroxylation sites is 2. The van der Waals surface area contributed by atoms with Crippen molar-refractivity contribution in [2.45, 2.75) is 11.7 Å². The van der Waals surface area contributed by atoms with Crippen LogP contribution in [-0.4, -0.2) is 27.1 Å². The van der Waals surface area contributed by atoms with Gasteiger partial charge >= 0.3 is 0 Å². The normalized spacial score (nSPS) is 10.6. The molecule has 0 saturated carbocycles. The maximum atomic E-state index is 13.6. The molecule has 0 fully saturated rings. The second-order valence-electron chi connectivity index (χ2n) is 5.55. The monoisotopic (exact) mass is 384 g/mol. The highest BCUT2D eigenvalue weighted by Crippen LogP contribution is 2.23. The molecule has 0 unspecified atom stereocenters. The van der Waals surface area contributed by atoms with Crippen molar-refractivity contribution in [2.24, 2.45) is 0 Å². The number of aromatic nitrogens is 2. The van der Waals surface area contributed by atoms with Crippen LogP contribution in [0.25, 0.3) is 11.0 Å². The van der Waals surface area contributed by atoms with Gasteiger partial charge in [0.2, 0.25) is 5.91 Å². The number of hydrogen-bond acceptors (Lipinski definition) is 4. The Hall–Kier alpha value is -3.13. The van der Waals surface area contributed by atoms with Gasteiger partial charge in [0.05, 0.1) is 22.3 Å². The number of fused-ring (bicyclic) bond motifs is 1. The molecule has 0 bridgehead atoms. The summed E-state index contributed by atoms with van der Waals surface area (Å²) in [5.74, 6) is -1.76. The van der Waals surface area contributed by atoms with Gasteiger partial charge in [0.15, 0.2) is 5.16 Å². The number of rotatable bonds is 6. The first kappa shape index (κ1) is 18.7. The number of carbonyl (C=O) groups excluding carboxylic acids is 2. The van der Waals surface area contributed by atoms with Crippen LogP contribution in [-0.2, 0) is 11.3 Å². The third-order valence-electron chi connectivity index (χ3n) is 3.70. The molecule has 0 aliphatic heterocycles. The molecule has 3 rings (SSSR count). The van der Waals surface area contributed by atoms with Crippen LogP contribution < -0.4 is 10.9 Å². The molecule has 1 heterocycles. The van der Waals surface area contributed by atoms with Crippen molar-refractivity contribution in [3.8, 4) is 0 Å². The van der Waals surface area contributed by atoms with E-state index in [0.717, 1.165) is 11.0 Å². The molecule has 0 spiro atoms. The predicted octanol–water partition coefficient (Wildman–Crippen LogP) is 2.91. The van der Waals surface area contributed by atoms with Crippen molar-refractivity contribution in [3.63, 3.8) is 0 Å². The number of hydrogen-bond donors (Lipinski definition) is 2. The maximum Gasteiger partial charge on any atom is 0.272 e. The minimum absolute atomic E-state index is 0.0397. The predicted molar refractivity (Wildman–Crippen MR) is 103 cm³/mol. The molecule has 0 saturated heterocycles. The van der Waals surface area contributed by atoms with Gasteiger partial charge in [-0.1, -0.05) is 42.1 Å². The number of allylic oxidation sites excluding steroid dienone is 1. The summed E-state index contributed by atoms with van der Waals surface area (Å²) < 4.78 is 15.5. The number of nitrogens with one attached hydrogen (secondary N) is 2. The van der Waals surface area contributed by atoms with Crippen LogP contribution in [0.2, 0.25) is 0 Å². The standard InChI is InChI=1S/C19H17FN4O2S/c1-2-11-24-16-10-6-5-9-15(16)21-19(24)27-12-17(25)22-23-18(26)13-7-3-4-8-14(13)20/h2-10H,1,11-12H2,(H,22,25)(H,23,26). The van der Waals surface area contributed by atoms with E-state index in [4.69, 9.17) is 0 Å². The molecule has 2 amide bonds. The van der Waals surface area contributed by atoms with Gasteiger partial charge in [-0.2, -0.15) is 0 Å². The molecule has 2 N–H and O–H groups in total. The van der Waals surface area contributed by atoms with Crippen LogP contribution in [0.15, 0.2) is 66.3 Å². The topological polar surface area (TPSA) is 76.0 Å². The van der Waals surface area contributed by atoms with Gasteiger partial charge in [-0.15, -0.1) is 6.58 Å². The molecular formula is C19H17FN4O2S. The lowest BCUT2D eigenvalue weighted by Gasteiger charge is -2.08. The van der Waals surface area contributed by atoms with Crippen LogP contribution >= 0.6 is 11.8 Å². The number of halogens is 1. The number of nitrogens with zero attached hydrogens (tertiary/aromatic N) is 2. The van der Waals surface area contributed by atoms with Crippen molar-refractivity contribution in [2.75, 3.05) is 5.75 Å². The van der Waals surface area contributed by atoms with Gasteiger partial charge in [-0.3, -0.25) is 20.4 Å². The van der Waals surface area contributed by atoms with Crippen LogP contribution in [0.5, 0.6) is 0 Å². The van der Waals surface area contributed by atoms with Crippen molar-refractivity contribution in [1.82, 2.24) is 20.4 Å². The molecule has 0 aliphatic carbocycles. The number of benzene rings is 2. The third kappa shape index (κ3) is 4.35. The summed E-state index contributed by atoms with van der Waals surface area (Å²) in [4.78, 5) is 28.4. The highest BCUT2D eigenvalue weighted by molar-refractivity contribution is 7.99. The van der Waals surface area contributed by atoms with E-state index in [1.165, 1.54) is 30.0 Å². The summed E-state index contributed by atoms with van der Waals surface area (Å²) in [5.41, 5.74) is 6.13. The molecule has 1 aromatic heterocycles. The second-order valence-corrected chi connectivity index (χ2v) is 6.50. The first-order chi connectivity index (χ1) is 13.1. The summed E-state index contributed by atoms with van der Waals surface area (Å²) in [6.45, 7) is 4.31. The largest absolute Gasteiger partial charge is 0.315 e. The molecule has 0 atom stereocenters. The first-order valence-corrected chi connectivity index (χ1v) is 9.11. The first-order valence-electron chi connectivity index (χ1n) is 8.13. The highest BCUT2D eigenvalue weighted by Gasteiger charge is 2.14. The summed E-state index contributed by atoms with van der Waals surface area (Å²) in [7, 11) is 0. The Labute approximate surface area is 159 Å².